The van der Waals surface area contributed by atoms with E-state index in [0.29, 0.717) is 17.6 Å². The molecule has 0 radical (unpaired) electrons. The quantitative estimate of drug-likeness (QED) is 0.162. The first-order valence-corrected chi connectivity index (χ1v) is 24.2. The number of aromatic nitrogens is 4. The van der Waals surface area contributed by atoms with Crippen molar-refractivity contribution in [2.75, 3.05) is 0 Å². The fourth-order valence-corrected chi connectivity index (χ4v) is 11.7. The van der Waals surface area contributed by atoms with E-state index in [-0.39, 0.29) is 0 Å². The van der Waals surface area contributed by atoms with Crippen molar-refractivity contribution < 1.29 is 0 Å². The molecule has 14 aromatic rings. The van der Waals surface area contributed by atoms with Crippen molar-refractivity contribution in [2.45, 2.75) is 13.8 Å². The summed E-state index contributed by atoms with van der Waals surface area (Å²) in [5.74, 6) is 1.79. The largest absolute Gasteiger partial charge is 0.277 e. The van der Waals surface area contributed by atoms with Crippen LogP contribution in [-0.4, -0.2) is 19.5 Å². The molecular formula is C63H42N4S. The van der Waals surface area contributed by atoms with E-state index in [9.17, 15) is 0 Å². The standard InChI is InChI=1S/C61H36N4S.C2H6/c1-2-14-37(15-3-1)39-28-31-41(32-29-39)59-62-60(43-33-30-38-16-4-5-18-42(38)36-43)64-61(63-59)65-56-49(50-25-13-27-52-54-44-19-7-6-17-40(44)34-35-53(54)66-58(50)52)24-12-26-51(56)55-47-22-10-8-20-45(47)46-21-9-11-23-48(46)57(55)65;1-2/h1-36H;1-2H3. The van der Waals surface area contributed by atoms with Crippen molar-refractivity contribution in [2.24, 2.45) is 0 Å². The Bertz CT molecular complexity index is 4280. The Morgan fingerprint density at radius 1 is 0.338 bits per heavy atom. The predicted octanol–water partition coefficient (Wildman–Crippen LogP) is 17.6. The van der Waals surface area contributed by atoms with Crippen molar-refractivity contribution in [3.63, 3.8) is 0 Å². The third-order valence-corrected chi connectivity index (χ3v) is 14.6. The molecule has 68 heavy (non-hydrogen) atoms. The first-order valence-electron chi connectivity index (χ1n) is 23.3. The van der Waals surface area contributed by atoms with Crippen molar-refractivity contribution in [1.29, 1.82) is 0 Å². The predicted molar refractivity (Wildman–Crippen MR) is 290 cm³/mol. The molecule has 3 aromatic heterocycles. The molecule has 11 aromatic carbocycles. The lowest BCUT2D eigenvalue weighted by Crippen LogP contribution is -2.07. The van der Waals surface area contributed by atoms with E-state index in [1.807, 2.05) is 25.2 Å². The van der Waals surface area contributed by atoms with Crippen LogP contribution in [-0.2, 0) is 0 Å². The number of nitrogens with zero attached hydrogens (tertiary/aromatic N) is 4. The van der Waals surface area contributed by atoms with Crippen LogP contribution in [0.4, 0.5) is 0 Å². The van der Waals surface area contributed by atoms with Crippen LogP contribution in [0.15, 0.2) is 218 Å². The minimum atomic E-state index is 0.567. The molecule has 5 heteroatoms. The van der Waals surface area contributed by atoms with E-state index < -0.39 is 0 Å². The monoisotopic (exact) mass is 886 g/mol. The van der Waals surface area contributed by atoms with Gasteiger partial charge in [-0.25, -0.2) is 4.98 Å². The van der Waals surface area contributed by atoms with Crippen molar-refractivity contribution in [3.05, 3.63) is 218 Å². The van der Waals surface area contributed by atoms with Gasteiger partial charge in [-0.3, -0.25) is 4.57 Å². The van der Waals surface area contributed by atoms with Gasteiger partial charge >= 0.3 is 0 Å². The average Bonchev–Trinajstić information content (AvgIpc) is 3.99. The second kappa shape index (κ2) is 16.1. The molecule has 0 fully saturated rings. The highest BCUT2D eigenvalue weighted by Crippen LogP contribution is 2.48. The molecule has 0 aliphatic heterocycles. The van der Waals surface area contributed by atoms with Gasteiger partial charge in [-0.15, -0.1) is 11.3 Å². The number of rotatable bonds is 5. The summed E-state index contributed by atoms with van der Waals surface area (Å²) in [7, 11) is 0. The van der Waals surface area contributed by atoms with Gasteiger partial charge in [0.1, 0.15) is 0 Å². The SMILES string of the molecule is CC.c1ccc(-c2ccc(-c3nc(-c4ccc5ccccc5c4)nc(-n4c5c(-c6cccc7c6sc6ccc8ccccc8c67)cccc5c5c6ccccc6c6ccccc6c54)n3)cc2)cc1. The van der Waals surface area contributed by atoms with Gasteiger partial charge in [0.05, 0.1) is 11.0 Å². The lowest BCUT2D eigenvalue weighted by atomic mass is 9.95. The van der Waals surface area contributed by atoms with E-state index in [1.54, 1.807) is 0 Å². The van der Waals surface area contributed by atoms with Crippen LogP contribution < -0.4 is 0 Å². The molecule has 0 saturated heterocycles. The Kier molecular flexibility index (Phi) is 9.44. The van der Waals surface area contributed by atoms with Crippen LogP contribution in [0.5, 0.6) is 0 Å². The summed E-state index contributed by atoms with van der Waals surface area (Å²) in [4.78, 5) is 16.4. The van der Waals surface area contributed by atoms with Gasteiger partial charge in [-0.2, -0.15) is 9.97 Å². The van der Waals surface area contributed by atoms with E-state index in [1.165, 1.54) is 63.4 Å². The van der Waals surface area contributed by atoms with Crippen LogP contribution in [0.2, 0.25) is 0 Å². The number of hydrogen-bond acceptors (Lipinski definition) is 4. The number of para-hydroxylation sites is 1. The zero-order valence-electron chi connectivity index (χ0n) is 37.5. The smallest absolute Gasteiger partial charge is 0.238 e. The van der Waals surface area contributed by atoms with Crippen LogP contribution in [0, 0.1) is 0 Å². The molecule has 0 aliphatic rings. The second-order valence-electron chi connectivity index (χ2n) is 17.1. The van der Waals surface area contributed by atoms with Crippen molar-refractivity contribution in [1.82, 2.24) is 19.5 Å². The van der Waals surface area contributed by atoms with Gasteiger partial charge in [-0.05, 0) is 61.0 Å². The van der Waals surface area contributed by atoms with Gasteiger partial charge in [0, 0.05) is 58.6 Å². The fraction of sp³-hybridized carbons (Fsp3) is 0.0317. The fourth-order valence-electron chi connectivity index (χ4n) is 10.4. The highest BCUT2D eigenvalue weighted by atomic mass is 32.1. The Hall–Kier alpha value is -8.51. The lowest BCUT2D eigenvalue weighted by Gasteiger charge is -2.15. The molecule has 0 aliphatic carbocycles. The van der Waals surface area contributed by atoms with Gasteiger partial charge in [0.2, 0.25) is 5.95 Å². The van der Waals surface area contributed by atoms with Crippen LogP contribution >= 0.6 is 11.3 Å². The third-order valence-electron chi connectivity index (χ3n) is 13.4. The summed E-state index contributed by atoms with van der Waals surface area (Å²) >= 11 is 1.87. The lowest BCUT2D eigenvalue weighted by molar-refractivity contribution is 0.956. The van der Waals surface area contributed by atoms with Crippen LogP contribution in [0.25, 0.3) is 136 Å². The Balaban J connectivity index is 0.00000226. The van der Waals surface area contributed by atoms with Gasteiger partial charge < -0.3 is 0 Å². The number of hydrogen-bond donors (Lipinski definition) is 0. The molecule has 0 spiro atoms. The zero-order chi connectivity index (χ0) is 45.3. The minimum Gasteiger partial charge on any atom is -0.277 e. The maximum atomic E-state index is 5.54. The van der Waals surface area contributed by atoms with Gasteiger partial charge in [-0.1, -0.05) is 220 Å². The Morgan fingerprint density at radius 3 is 1.66 bits per heavy atom. The molecule has 0 amide bonds. The van der Waals surface area contributed by atoms with Crippen molar-refractivity contribution >= 4 is 96.4 Å². The summed E-state index contributed by atoms with van der Waals surface area (Å²) in [5.41, 5.74) is 8.58. The van der Waals surface area contributed by atoms with E-state index in [0.717, 1.165) is 55.0 Å². The number of benzene rings is 11. The summed E-state index contributed by atoms with van der Waals surface area (Å²) in [6, 6.07) is 78.5. The summed E-state index contributed by atoms with van der Waals surface area (Å²) in [5, 5.41) is 14.5. The number of thiophene rings is 1. The highest BCUT2D eigenvalue weighted by molar-refractivity contribution is 7.26. The topological polar surface area (TPSA) is 43.6 Å². The zero-order valence-corrected chi connectivity index (χ0v) is 38.3. The Morgan fingerprint density at radius 2 is 0.882 bits per heavy atom. The molecular weight excluding hydrogens is 845 g/mol. The minimum absolute atomic E-state index is 0.567. The molecule has 0 unspecified atom stereocenters. The van der Waals surface area contributed by atoms with E-state index in [4.69, 9.17) is 15.0 Å². The summed E-state index contributed by atoms with van der Waals surface area (Å²) < 4.78 is 4.89. The number of fused-ring (bicyclic) bond motifs is 14. The van der Waals surface area contributed by atoms with Crippen LogP contribution in [0.1, 0.15) is 13.8 Å². The molecule has 0 atom stereocenters. The van der Waals surface area contributed by atoms with E-state index >= 15 is 0 Å². The second-order valence-corrected chi connectivity index (χ2v) is 18.1. The normalized spacial score (nSPS) is 11.7. The molecule has 3 heterocycles. The summed E-state index contributed by atoms with van der Waals surface area (Å²) in [6.45, 7) is 4.00. The third kappa shape index (κ3) is 6.24. The van der Waals surface area contributed by atoms with Crippen molar-refractivity contribution in [3.8, 4) is 51.0 Å². The first kappa shape index (κ1) is 39.8. The van der Waals surface area contributed by atoms with Gasteiger partial charge in [0.15, 0.2) is 11.6 Å². The first-order chi connectivity index (χ1) is 33.7. The molecule has 14 rings (SSSR count). The van der Waals surface area contributed by atoms with E-state index in [2.05, 4.69) is 223 Å². The maximum absolute atomic E-state index is 5.54. The Labute approximate surface area is 397 Å². The maximum Gasteiger partial charge on any atom is 0.238 e. The molecule has 0 saturated carbocycles. The summed E-state index contributed by atoms with van der Waals surface area (Å²) in [6.07, 6.45) is 0. The molecule has 320 valence electrons. The molecule has 0 bridgehead atoms. The highest BCUT2D eigenvalue weighted by Gasteiger charge is 2.25. The average molecular weight is 887 g/mol. The van der Waals surface area contributed by atoms with Gasteiger partial charge in [0.25, 0.3) is 0 Å². The molecule has 0 N–H and O–H groups in total. The molecule has 4 nitrogen and oxygen atoms in total. The van der Waals surface area contributed by atoms with Crippen LogP contribution in [0.3, 0.4) is 0 Å².